The van der Waals surface area contributed by atoms with Crippen molar-refractivity contribution in [2.24, 2.45) is 0 Å². The van der Waals surface area contributed by atoms with E-state index in [9.17, 15) is 9.59 Å². The van der Waals surface area contributed by atoms with Crippen LogP contribution in [0.1, 0.15) is 56.4 Å². The Morgan fingerprint density at radius 3 is 2.49 bits per heavy atom. The van der Waals surface area contributed by atoms with Crippen LogP contribution in [-0.4, -0.2) is 34.8 Å². The zero-order valence-corrected chi connectivity index (χ0v) is 20.4. The largest absolute Gasteiger partial charge is 0.486 e. The number of nitrogens with zero attached hydrogens (tertiary/aromatic N) is 2. The fourth-order valence-electron chi connectivity index (χ4n) is 5.69. The molecule has 0 saturated carbocycles. The summed E-state index contributed by atoms with van der Waals surface area (Å²) in [6.45, 7) is 9.13. The van der Waals surface area contributed by atoms with Crippen molar-refractivity contribution in [2.75, 3.05) is 13.2 Å². The molecule has 1 aromatic carbocycles. The van der Waals surface area contributed by atoms with Crippen molar-refractivity contribution in [3.63, 3.8) is 0 Å². The number of hydrogen-bond acceptors (Lipinski definition) is 7. The highest BCUT2D eigenvalue weighted by molar-refractivity contribution is 5.91. The number of aryl methyl sites for hydroxylation is 1. The Hall–Kier alpha value is -3.39. The first-order valence-electron chi connectivity index (χ1n) is 12.3. The summed E-state index contributed by atoms with van der Waals surface area (Å²) >= 11 is 0. The van der Waals surface area contributed by atoms with Crippen LogP contribution in [0.2, 0.25) is 0 Å². The maximum Gasteiger partial charge on any atom is 0.343 e. The lowest BCUT2D eigenvalue weighted by molar-refractivity contribution is -0.187. The number of hydrogen-bond donors (Lipinski definition) is 0. The molecule has 1 atom stereocenters. The first-order chi connectivity index (χ1) is 16.9. The molecule has 0 fully saturated rings. The van der Waals surface area contributed by atoms with Crippen molar-refractivity contribution in [2.45, 2.75) is 65.4 Å². The maximum atomic E-state index is 13.7. The molecule has 3 aliphatic rings. The van der Waals surface area contributed by atoms with E-state index in [1.165, 1.54) is 0 Å². The van der Waals surface area contributed by atoms with Crippen molar-refractivity contribution < 1.29 is 23.7 Å². The van der Waals surface area contributed by atoms with Gasteiger partial charge < -0.3 is 23.5 Å². The van der Waals surface area contributed by atoms with E-state index in [1.807, 2.05) is 39.0 Å². The van der Waals surface area contributed by atoms with Crippen molar-refractivity contribution in [3.8, 4) is 22.9 Å². The van der Waals surface area contributed by atoms with Gasteiger partial charge in [0.2, 0.25) is 0 Å². The molecule has 0 aliphatic carbocycles. The number of aromatic nitrogens is 2. The van der Waals surface area contributed by atoms with Crippen LogP contribution in [0.4, 0.5) is 0 Å². The Kier molecular flexibility index (Phi) is 4.93. The van der Waals surface area contributed by atoms with E-state index < -0.39 is 11.6 Å². The van der Waals surface area contributed by atoms with Gasteiger partial charge in [-0.15, -0.1) is 0 Å². The molecule has 3 aliphatic heterocycles. The first kappa shape index (κ1) is 22.1. The molecule has 8 nitrogen and oxygen atoms in total. The summed E-state index contributed by atoms with van der Waals surface area (Å²) in [4.78, 5) is 31.7. The maximum absolute atomic E-state index is 13.7. The normalized spacial score (nSPS) is 20.0. The predicted octanol–water partition coefficient (Wildman–Crippen LogP) is 3.85. The quantitative estimate of drug-likeness (QED) is 0.414. The van der Waals surface area contributed by atoms with E-state index in [1.54, 1.807) is 4.57 Å². The van der Waals surface area contributed by atoms with Gasteiger partial charge in [0.15, 0.2) is 17.1 Å². The third kappa shape index (κ3) is 3.05. The Morgan fingerprint density at radius 1 is 1.06 bits per heavy atom. The second kappa shape index (κ2) is 7.81. The fourth-order valence-corrected chi connectivity index (χ4v) is 5.69. The SMILES string of the molecule is CCc1c2c(nc3cc4c(cc13)OCCO4)-c1cc3c(c(=O)n1C2)COC(=O)[C@@]3(CC)OC(C)C. The smallest absolute Gasteiger partial charge is 0.343 e. The van der Waals surface area contributed by atoms with Crippen LogP contribution in [0.3, 0.4) is 0 Å². The highest BCUT2D eigenvalue weighted by Crippen LogP contribution is 2.44. The molecule has 2 aromatic heterocycles. The van der Waals surface area contributed by atoms with Crippen molar-refractivity contribution in [3.05, 3.63) is 50.8 Å². The Labute approximate surface area is 202 Å². The summed E-state index contributed by atoms with van der Waals surface area (Å²) in [5.41, 5.74) is 4.02. The molecule has 182 valence electrons. The van der Waals surface area contributed by atoms with Gasteiger partial charge in [0.05, 0.1) is 35.1 Å². The minimum atomic E-state index is -1.31. The molecule has 3 aromatic rings. The van der Waals surface area contributed by atoms with E-state index in [-0.39, 0.29) is 18.3 Å². The van der Waals surface area contributed by atoms with Gasteiger partial charge in [-0.25, -0.2) is 9.78 Å². The van der Waals surface area contributed by atoms with E-state index in [2.05, 4.69) is 6.92 Å². The number of pyridine rings is 2. The summed E-state index contributed by atoms with van der Waals surface area (Å²) in [5.74, 6) is 0.947. The summed E-state index contributed by atoms with van der Waals surface area (Å²) in [5, 5.41) is 1.01. The Morgan fingerprint density at radius 2 is 1.80 bits per heavy atom. The number of benzene rings is 1. The zero-order chi connectivity index (χ0) is 24.5. The number of carbonyl (C=O) groups excluding carboxylic acids is 1. The van der Waals surface area contributed by atoms with E-state index in [4.69, 9.17) is 23.9 Å². The molecule has 6 rings (SSSR count). The number of ether oxygens (including phenoxy) is 4. The van der Waals surface area contributed by atoms with Crippen LogP contribution in [0.15, 0.2) is 23.0 Å². The van der Waals surface area contributed by atoms with Crippen LogP contribution in [0, 0.1) is 0 Å². The predicted molar refractivity (Wildman–Crippen MR) is 129 cm³/mol. The van der Waals surface area contributed by atoms with Gasteiger partial charge in [-0.05, 0) is 44.4 Å². The molecule has 5 heterocycles. The molecule has 0 radical (unpaired) electrons. The van der Waals surface area contributed by atoms with Gasteiger partial charge in [0.25, 0.3) is 5.56 Å². The van der Waals surface area contributed by atoms with Crippen LogP contribution in [0.25, 0.3) is 22.3 Å². The average molecular weight is 477 g/mol. The number of rotatable bonds is 4. The van der Waals surface area contributed by atoms with Crippen LogP contribution < -0.4 is 15.0 Å². The number of esters is 1. The number of cyclic esters (lactones) is 1. The minimum absolute atomic E-state index is 0.0513. The van der Waals surface area contributed by atoms with Gasteiger partial charge in [0.1, 0.15) is 19.8 Å². The molecule has 0 N–H and O–H groups in total. The molecule has 8 heteroatoms. The van der Waals surface area contributed by atoms with Crippen molar-refractivity contribution >= 4 is 16.9 Å². The number of fused-ring (bicyclic) bond motifs is 6. The van der Waals surface area contributed by atoms with Gasteiger partial charge in [-0.1, -0.05) is 13.8 Å². The highest BCUT2D eigenvalue weighted by atomic mass is 16.6. The molecule has 0 spiro atoms. The lowest BCUT2D eigenvalue weighted by Crippen LogP contribution is -2.47. The van der Waals surface area contributed by atoms with Crippen molar-refractivity contribution in [1.29, 1.82) is 0 Å². The third-order valence-corrected chi connectivity index (χ3v) is 7.23. The zero-order valence-electron chi connectivity index (χ0n) is 20.4. The molecule has 0 unspecified atom stereocenters. The van der Waals surface area contributed by atoms with E-state index >= 15 is 0 Å². The van der Waals surface area contributed by atoms with Gasteiger partial charge >= 0.3 is 5.97 Å². The minimum Gasteiger partial charge on any atom is -0.486 e. The summed E-state index contributed by atoms with van der Waals surface area (Å²) in [7, 11) is 0. The molecular weight excluding hydrogens is 448 g/mol. The monoisotopic (exact) mass is 476 g/mol. The fraction of sp³-hybridized carbons (Fsp3) is 0.444. The summed E-state index contributed by atoms with van der Waals surface area (Å²) < 4.78 is 25.0. The Bertz CT molecular complexity index is 1460. The summed E-state index contributed by atoms with van der Waals surface area (Å²) in [6, 6.07) is 5.83. The van der Waals surface area contributed by atoms with Gasteiger partial charge in [-0.3, -0.25) is 4.79 Å². The summed E-state index contributed by atoms with van der Waals surface area (Å²) in [6.07, 6.45) is 0.918. The second-order valence-corrected chi connectivity index (χ2v) is 9.52. The lowest BCUT2D eigenvalue weighted by Gasteiger charge is -2.37. The second-order valence-electron chi connectivity index (χ2n) is 9.52. The Balaban J connectivity index is 1.61. The van der Waals surface area contributed by atoms with E-state index in [0.29, 0.717) is 48.7 Å². The molecule has 35 heavy (non-hydrogen) atoms. The topological polar surface area (TPSA) is 88.9 Å². The van der Waals surface area contributed by atoms with Crippen LogP contribution >= 0.6 is 0 Å². The van der Waals surface area contributed by atoms with Crippen LogP contribution in [0.5, 0.6) is 11.5 Å². The van der Waals surface area contributed by atoms with Gasteiger partial charge in [0, 0.05) is 22.6 Å². The van der Waals surface area contributed by atoms with E-state index in [0.717, 1.165) is 39.9 Å². The molecule has 0 amide bonds. The first-order valence-corrected chi connectivity index (χ1v) is 12.3. The molecule has 0 saturated heterocycles. The highest BCUT2D eigenvalue weighted by Gasteiger charge is 2.48. The lowest BCUT2D eigenvalue weighted by atomic mass is 9.85. The number of carbonyl (C=O) groups is 1. The standard InChI is InChI=1S/C27H28N2O6/c1-5-15-16-9-22-23(33-8-7-32-22)11-20(16)28-24-17(15)12-29-21(24)10-19-18(25(29)30)13-34-26(31)27(19,6-2)35-14(3)4/h9-11,14H,5-8,12-13H2,1-4H3/t27-/m0/s1. The van der Waals surface area contributed by atoms with Crippen molar-refractivity contribution in [1.82, 2.24) is 9.55 Å². The molecular formula is C27H28N2O6. The average Bonchev–Trinajstić information content (AvgIpc) is 3.21. The molecule has 0 bridgehead atoms. The third-order valence-electron chi connectivity index (χ3n) is 7.23. The van der Waals surface area contributed by atoms with Gasteiger partial charge in [-0.2, -0.15) is 0 Å². The van der Waals surface area contributed by atoms with Crippen LogP contribution in [-0.2, 0) is 39.4 Å².